The molecule has 0 aromatic heterocycles. The van der Waals surface area contributed by atoms with Gasteiger partial charge >= 0.3 is 0 Å². The summed E-state index contributed by atoms with van der Waals surface area (Å²) in [6.07, 6.45) is 0. The Morgan fingerprint density at radius 2 is 1.25 bits per heavy atom. The second kappa shape index (κ2) is 8.00. The van der Waals surface area contributed by atoms with Gasteiger partial charge in [0.1, 0.15) is 4.90 Å². The maximum Gasteiger partial charge on any atom is 0.263 e. The molecule has 146 valence electrons. The predicted octanol–water partition coefficient (Wildman–Crippen LogP) is 4.60. The van der Waals surface area contributed by atoms with Crippen molar-refractivity contribution in [1.29, 1.82) is 0 Å². The van der Waals surface area contributed by atoms with E-state index in [-0.39, 0.29) is 26.2 Å². The van der Waals surface area contributed by atoms with E-state index in [1.807, 2.05) is 0 Å². The Balaban J connectivity index is 1.89. The van der Waals surface area contributed by atoms with E-state index < -0.39 is 20.0 Å². The average Bonchev–Trinajstić information content (AvgIpc) is 2.61. The van der Waals surface area contributed by atoms with Crippen molar-refractivity contribution in [1.82, 2.24) is 0 Å². The van der Waals surface area contributed by atoms with E-state index in [9.17, 15) is 16.8 Å². The molecule has 0 atom stereocenters. The van der Waals surface area contributed by atoms with E-state index in [4.69, 9.17) is 23.2 Å². The molecule has 6 nitrogen and oxygen atoms in total. The van der Waals surface area contributed by atoms with E-state index in [2.05, 4.69) is 9.44 Å². The molecule has 0 saturated heterocycles. The van der Waals surface area contributed by atoms with Crippen LogP contribution in [0.5, 0.6) is 0 Å². The van der Waals surface area contributed by atoms with Crippen molar-refractivity contribution in [2.24, 2.45) is 0 Å². The first-order chi connectivity index (χ1) is 13.2. The zero-order valence-corrected chi connectivity index (χ0v) is 17.3. The molecule has 0 bridgehead atoms. The van der Waals surface area contributed by atoms with Crippen LogP contribution in [0.15, 0.2) is 82.6 Å². The molecule has 28 heavy (non-hydrogen) atoms. The van der Waals surface area contributed by atoms with Gasteiger partial charge in [-0.2, -0.15) is 0 Å². The van der Waals surface area contributed by atoms with Gasteiger partial charge in [0.25, 0.3) is 20.0 Å². The third kappa shape index (κ3) is 4.77. The molecule has 0 unspecified atom stereocenters. The first-order valence-corrected chi connectivity index (χ1v) is 11.6. The first kappa shape index (κ1) is 20.5. The Hall–Kier alpha value is -2.26. The quantitative estimate of drug-likeness (QED) is 0.566. The van der Waals surface area contributed by atoms with Crippen molar-refractivity contribution in [2.45, 2.75) is 9.79 Å². The SMILES string of the molecule is O=S(=O)(Nc1cccc(Cl)c1)c1cccc(NS(=O)(=O)c2ccccc2Cl)c1. The summed E-state index contributed by atoms with van der Waals surface area (Å²) in [6.45, 7) is 0. The van der Waals surface area contributed by atoms with Crippen molar-refractivity contribution < 1.29 is 16.8 Å². The van der Waals surface area contributed by atoms with Crippen molar-refractivity contribution in [3.8, 4) is 0 Å². The molecule has 3 aromatic carbocycles. The average molecular weight is 457 g/mol. The lowest BCUT2D eigenvalue weighted by Gasteiger charge is -2.12. The van der Waals surface area contributed by atoms with Crippen molar-refractivity contribution >= 4 is 54.6 Å². The minimum Gasteiger partial charge on any atom is -0.280 e. The van der Waals surface area contributed by atoms with Crippen LogP contribution >= 0.6 is 23.2 Å². The molecule has 0 aliphatic rings. The monoisotopic (exact) mass is 456 g/mol. The highest BCUT2D eigenvalue weighted by Gasteiger charge is 2.20. The van der Waals surface area contributed by atoms with Crippen LogP contribution in [0.25, 0.3) is 0 Å². The molecular weight excluding hydrogens is 443 g/mol. The molecule has 0 fully saturated rings. The summed E-state index contributed by atoms with van der Waals surface area (Å²) in [5.74, 6) is 0. The molecule has 3 rings (SSSR count). The lowest BCUT2D eigenvalue weighted by Crippen LogP contribution is -2.15. The van der Waals surface area contributed by atoms with Gasteiger partial charge in [-0.15, -0.1) is 0 Å². The Morgan fingerprint density at radius 3 is 1.93 bits per heavy atom. The molecule has 0 spiro atoms. The van der Waals surface area contributed by atoms with Gasteiger partial charge in [0, 0.05) is 5.02 Å². The van der Waals surface area contributed by atoms with Crippen LogP contribution in [-0.2, 0) is 20.0 Å². The van der Waals surface area contributed by atoms with E-state index in [1.165, 1.54) is 48.5 Å². The molecule has 0 aliphatic carbocycles. The summed E-state index contributed by atoms with van der Waals surface area (Å²) in [6, 6.07) is 17.6. The van der Waals surface area contributed by atoms with Gasteiger partial charge in [-0.3, -0.25) is 9.44 Å². The smallest absolute Gasteiger partial charge is 0.263 e. The third-order valence-corrected chi connectivity index (χ3v) is 7.09. The number of halogens is 2. The molecule has 3 aromatic rings. The topological polar surface area (TPSA) is 92.3 Å². The Bertz CT molecular complexity index is 1230. The van der Waals surface area contributed by atoms with Crippen LogP contribution < -0.4 is 9.44 Å². The highest BCUT2D eigenvalue weighted by molar-refractivity contribution is 7.93. The van der Waals surface area contributed by atoms with Crippen molar-refractivity contribution in [3.05, 3.63) is 82.8 Å². The largest absolute Gasteiger partial charge is 0.280 e. The summed E-state index contributed by atoms with van der Waals surface area (Å²) < 4.78 is 55.0. The van der Waals surface area contributed by atoms with Gasteiger partial charge in [0.2, 0.25) is 0 Å². The molecule has 0 aliphatic heterocycles. The maximum atomic E-state index is 12.6. The van der Waals surface area contributed by atoms with Crippen LogP contribution in [0.2, 0.25) is 10.0 Å². The summed E-state index contributed by atoms with van der Waals surface area (Å²) in [7, 11) is -7.94. The van der Waals surface area contributed by atoms with Crippen LogP contribution in [0.3, 0.4) is 0 Å². The fourth-order valence-electron chi connectivity index (χ4n) is 2.37. The van der Waals surface area contributed by atoms with Gasteiger partial charge in [-0.05, 0) is 48.5 Å². The highest BCUT2D eigenvalue weighted by Crippen LogP contribution is 2.25. The Morgan fingerprint density at radius 1 is 0.643 bits per heavy atom. The minimum atomic E-state index is -3.99. The van der Waals surface area contributed by atoms with Gasteiger partial charge < -0.3 is 0 Å². The highest BCUT2D eigenvalue weighted by atomic mass is 35.5. The number of rotatable bonds is 6. The molecule has 2 N–H and O–H groups in total. The number of nitrogens with one attached hydrogen (secondary N) is 2. The van der Waals surface area contributed by atoms with Gasteiger partial charge in [-0.1, -0.05) is 47.5 Å². The van der Waals surface area contributed by atoms with Crippen LogP contribution in [-0.4, -0.2) is 16.8 Å². The number of hydrogen-bond acceptors (Lipinski definition) is 4. The molecule has 10 heteroatoms. The minimum absolute atomic E-state index is 0.0569. The normalized spacial score (nSPS) is 11.8. The molecule has 0 radical (unpaired) electrons. The maximum absolute atomic E-state index is 12.6. The Kier molecular flexibility index (Phi) is 5.85. The lowest BCUT2D eigenvalue weighted by atomic mass is 10.3. The number of sulfonamides is 2. The summed E-state index contributed by atoms with van der Waals surface area (Å²) in [5.41, 5.74) is 0.364. The fourth-order valence-corrected chi connectivity index (χ4v) is 5.22. The van der Waals surface area contributed by atoms with E-state index in [0.29, 0.717) is 5.02 Å². The van der Waals surface area contributed by atoms with Gasteiger partial charge in [0.15, 0.2) is 0 Å². The first-order valence-electron chi connectivity index (χ1n) is 7.83. The fraction of sp³-hybridized carbons (Fsp3) is 0. The van der Waals surface area contributed by atoms with Crippen LogP contribution in [0.4, 0.5) is 11.4 Å². The number of anilines is 2. The van der Waals surface area contributed by atoms with Crippen LogP contribution in [0.1, 0.15) is 0 Å². The molecular formula is C18H14Cl2N2O4S2. The van der Waals surface area contributed by atoms with Crippen LogP contribution in [0, 0.1) is 0 Å². The number of benzene rings is 3. The lowest BCUT2D eigenvalue weighted by molar-refractivity contribution is 0.598. The second-order valence-electron chi connectivity index (χ2n) is 5.68. The predicted molar refractivity (Wildman–Crippen MR) is 111 cm³/mol. The van der Waals surface area contributed by atoms with Crippen molar-refractivity contribution in [2.75, 3.05) is 9.44 Å². The van der Waals surface area contributed by atoms with Gasteiger partial charge in [0.05, 0.1) is 21.3 Å². The summed E-state index contributed by atoms with van der Waals surface area (Å²) >= 11 is 11.8. The summed E-state index contributed by atoms with van der Waals surface area (Å²) in [5, 5.41) is 0.433. The van der Waals surface area contributed by atoms with E-state index in [1.54, 1.807) is 24.3 Å². The number of hydrogen-bond donors (Lipinski definition) is 2. The Labute approximate surface area is 173 Å². The zero-order chi connectivity index (χ0) is 20.4. The second-order valence-corrected chi connectivity index (χ2v) is 9.86. The molecule has 0 saturated carbocycles. The molecule has 0 amide bonds. The van der Waals surface area contributed by atoms with Gasteiger partial charge in [-0.25, -0.2) is 16.8 Å². The van der Waals surface area contributed by atoms with Crippen molar-refractivity contribution in [3.63, 3.8) is 0 Å². The third-order valence-electron chi connectivity index (χ3n) is 3.60. The standard InChI is InChI=1S/C18H14Cl2N2O4S2/c19-13-5-3-6-14(11-13)21-27(23,24)16-8-4-7-15(12-16)22-28(25,26)18-10-2-1-9-17(18)20/h1-12,21-22H. The van der Waals surface area contributed by atoms with E-state index in [0.717, 1.165) is 0 Å². The zero-order valence-electron chi connectivity index (χ0n) is 14.1. The van der Waals surface area contributed by atoms with E-state index >= 15 is 0 Å². The summed E-state index contributed by atoms with van der Waals surface area (Å²) in [4.78, 5) is -0.228. The molecule has 0 heterocycles.